The Hall–Kier alpha value is -3.62. The molecule has 4 nitrogen and oxygen atoms in total. The van der Waals surface area contributed by atoms with Gasteiger partial charge in [-0.3, -0.25) is 4.79 Å². The largest absolute Gasteiger partial charge is 0.493 e. The maximum atomic E-state index is 12.6. The molecule has 0 fully saturated rings. The molecule has 1 amide bonds. The summed E-state index contributed by atoms with van der Waals surface area (Å²) in [7, 11) is 0.854. The van der Waals surface area contributed by atoms with Crippen LogP contribution in [0.15, 0.2) is 103 Å². The van der Waals surface area contributed by atoms with Gasteiger partial charge in [0.2, 0.25) is 0 Å². The molecule has 2 N–H and O–H groups in total. The normalized spacial score (nSPS) is 11.1. The van der Waals surface area contributed by atoms with Crippen molar-refractivity contribution in [1.29, 1.82) is 0 Å². The van der Waals surface area contributed by atoms with Gasteiger partial charge in [0, 0.05) is 5.56 Å². The zero-order valence-electron chi connectivity index (χ0n) is 18.8. The third-order valence-corrected chi connectivity index (χ3v) is 10.2. The van der Waals surface area contributed by atoms with Crippen molar-refractivity contribution in [3.63, 3.8) is 0 Å². The number of carbonyl (C=O) groups excluding carboxylic acids is 1. The average molecular weight is 457 g/mol. The Balaban J connectivity index is 2.06. The minimum absolute atomic E-state index is 0.241. The Morgan fingerprint density at radius 1 is 0.727 bits per heavy atom. The van der Waals surface area contributed by atoms with Crippen molar-refractivity contribution < 1.29 is 14.3 Å². The SMILES string of the molecule is COc1ccc(-c2ccccc2[P+](CC(N)=O)(c2ccccc2)c2ccccc2)cc1OC. The van der Waals surface area contributed by atoms with Crippen molar-refractivity contribution in [1.82, 2.24) is 0 Å². The van der Waals surface area contributed by atoms with Crippen LogP contribution in [0.4, 0.5) is 0 Å². The van der Waals surface area contributed by atoms with E-state index in [4.69, 9.17) is 15.2 Å². The van der Waals surface area contributed by atoms with Crippen LogP contribution in [0.3, 0.4) is 0 Å². The maximum Gasteiger partial charge on any atom is 0.256 e. The Bertz CT molecular complexity index is 1200. The first-order valence-electron chi connectivity index (χ1n) is 10.7. The van der Waals surface area contributed by atoms with E-state index in [0.29, 0.717) is 11.5 Å². The molecule has 0 bridgehead atoms. The fourth-order valence-electron chi connectivity index (χ4n) is 4.35. The minimum atomic E-state index is -2.40. The Morgan fingerprint density at radius 3 is 1.82 bits per heavy atom. The first kappa shape index (κ1) is 22.6. The fourth-order valence-corrected chi connectivity index (χ4v) is 8.52. The lowest BCUT2D eigenvalue weighted by atomic mass is 10.1. The third-order valence-electron chi connectivity index (χ3n) is 5.80. The molecule has 4 rings (SSSR count). The lowest BCUT2D eigenvalue weighted by Gasteiger charge is -2.28. The topological polar surface area (TPSA) is 61.5 Å². The van der Waals surface area contributed by atoms with E-state index in [1.807, 2.05) is 66.7 Å². The molecule has 166 valence electrons. The Kier molecular flexibility index (Phi) is 6.76. The number of carbonyl (C=O) groups is 1. The highest BCUT2D eigenvalue weighted by atomic mass is 31.2. The molecule has 33 heavy (non-hydrogen) atoms. The summed E-state index contributed by atoms with van der Waals surface area (Å²) in [6, 6.07) is 34.7. The van der Waals surface area contributed by atoms with Crippen molar-refractivity contribution in [3.8, 4) is 22.6 Å². The maximum absolute atomic E-state index is 12.6. The monoisotopic (exact) mass is 456 g/mol. The number of amides is 1. The van der Waals surface area contributed by atoms with Gasteiger partial charge in [-0.05, 0) is 48.0 Å². The molecule has 0 atom stereocenters. The van der Waals surface area contributed by atoms with Crippen molar-refractivity contribution in [2.45, 2.75) is 0 Å². The van der Waals surface area contributed by atoms with E-state index in [1.165, 1.54) is 0 Å². The second-order valence-corrected chi connectivity index (χ2v) is 11.1. The number of methoxy groups -OCH3 is 2. The van der Waals surface area contributed by atoms with Crippen LogP contribution >= 0.6 is 7.26 Å². The van der Waals surface area contributed by atoms with E-state index in [2.05, 4.69) is 36.4 Å². The van der Waals surface area contributed by atoms with Crippen molar-refractivity contribution >= 4 is 29.1 Å². The summed E-state index contributed by atoms with van der Waals surface area (Å²) in [5, 5.41) is 3.33. The van der Waals surface area contributed by atoms with Crippen LogP contribution in [0, 0.1) is 0 Å². The number of hydrogen-bond acceptors (Lipinski definition) is 3. The Morgan fingerprint density at radius 2 is 1.27 bits per heavy atom. The van der Waals surface area contributed by atoms with E-state index in [-0.39, 0.29) is 12.1 Å². The van der Waals surface area contributed by atoms with E-state index in [1.54, 1.807) is 14.2 Å². The Labute approximate surface area is 195 Å². The summed E-state index contributed by atoms with van der Waals surface area (Å²) in [5.41, 5.74) is 7.95. The summed E-state index contributed by atoms with van der Waals surface area (Å²) in [4.78, 5) is 12.6. The van der Waals surface area contributed by atoms with Gasteiger partial charge in [-0.15, -0.1) is 0 Å². The van der Waals surface area contributed by atoms with Gasteiger partial charge in [0.05, 0.1) is 14.2 Å². The van der Waals surface area contributed by atoms with E-state index in [0.717, 1.165) is 27.0 Å². The minimum Gasteiger partial charge on any atom is -0.493 e. The van der Waals surface area contributed by atoms with Crippen LogP contribution in [0.2, 0.25) is 0 Å². The molecule has 0 aliphatic heterocycles. The predicted molar refractivity (Wildman–Crippen MR) is 138 cm³/mol. The first-order valence-corrected chi connectivity index (χ1v) is 12.7. The number of rotatable bonds is 8. The predicted octanol–water partition coefficient (Wildman–Crippen LogP) is 4.15. The van der Waals surface area contributed by atoms with Gasteiger partial charge in [-0.25, -0.2) is 0 Å². The molecule has 0 unspecified atom stereocenters. The molecule has 0 aromatic heterocycles. The third kappa shape index (κ3) is 4.35. The zero-order chi connectivity index (χ0) is 23.3. The van der Waals surface area contributed by atoms with Gasteiger partial charge in [0.1, 0.15) is 23.2 Å². The molecule has 5 heteroatoms. The zero-order valence-corrected chi connectivity index (χ0v) is 19.7. The van der Waals surface area contributed by atoms with E-state index < -0.39 is 7.26 Å². The molecule has 0 saturated heterocycles. The molecule has 4 aromatic rings. The van der Waals surface area contributed by atoms with Gasteiger partial charge in [-0.2, -0.15) is 0 Å². The van der Waals surface area contributed by atoms with Gasteiger partial charge in [0.25, 0.3) is 5.91 Å². The number of primary amides is 1. The van der Waals surface area contributed by atoms with Crippen molar-refractivity contribution in [2.24, 2.45) is 5.73 Å². The highest BCUT2D eigenvalue weighted by molar-refractivity contribution is 7.96. The molecule has 0 saturated carbocycles. The summed E-state index contributed by atoms with van der Waals surface area (Å²) in [6.07, 6.45) is 0.241. The number of ether oxygens (including phenoxy) is 2. The highest BCUT2D eigenvalue weighted by Crippen LogP contribution is 2.56. The van der Waals surface area contributed by atoms with Crippen LogP contribution in [0.25, 0.3) is 11.1 Å². The lowest BCUT2D eigenvalue weighted by molar-refractivity contribution is -0.115. The van der Waals surface area contributed by atoms with Crippen LogP contribution in [0.5, 0.6) is 11.5 Å². The van der Waals surface area contributed by atoms with Gasteiger partial charge >= 0.3 is 0 Å². The summed E-state index contributed by atoms with van der Waals surface area (Å²) < 4.78 is 11.0. The molecule has 0 spiro atoms. The van der Waals surface area contributed by atoms with Gasteiger partial charge in [0.15, 0.2) is 17.7 Å². The molecule has 0 aliphatic rings. The smallest absolute Gasteiger partial charge is 0.256 e. The van der Waals surface area contributed by atoms with E-state index in [9.17, 15) is 4.79 Å². The molecular weight excluding hydrogens is 429 g/mol. The molecule has 0 radical (unpaired) electrons. The lowest BCUT2D eigenvalue weighted by Crippen LogP contribution is -2.38. The van der Waals surface area contributed by atoms with E-state index >= 15 is 0 Å². The quantitative estimate of drug-likeness (QED) is 0.405. The second kappa shape index (κ2) is 9.89. The fraction of sp³-hybridized carbons (Fsp3) is 0.107. The molecule has 0 heterocycles. The van der Waals surface area contributed by atoms with Crippen LogP contribution < -0.4 is 31.1 Å². The number of benzene rings is 4. The van der Waals surface area contributed by atoms with Crippen molar-refractivity contribution in [3.05, 3.63) is 103 Å². The summed E-state index contributed by atoms with van der Waals surface area (Å²) in [6.45, 7) is 0. The van der Waals surface area contributed by atoms with Crippen LogP contribution in [0.1, 0.15) is 0 Å². The van der Waals surface area contributed by atoms with Gasteiger partial charge in [-0.1, -0.05) is 60.7 Å². The average Bonchev–Trinajstić information content (AvgIpc) is 2.87. The van der Waals surface area contributed by atoms with Gasteiger partial charge < -0.3 is 15.2 Å². The van der Waals surface area contributed by atoms with Crippen molar-refractivity contribution in [2.75, 3.05) is 20.4 Å². The number of hydrogen-bond donors (Lipinski definition) is 1. The highest BCUT2D eigenvalue weighted by Gasteiger charge is 2.48. The number of nitrogens with two attached hydrogens (primary N) is 1. The first-order chi connectivity index (χ1) is 16.1. The van der Waals surface area contributed by atoms with Crippen LogP contribution in [-0.2, 0) is 4.79 Å². The second-order valence-electron chi connectivity index (χ2n) is 7.69. The molecular formula is C28H27NO3P+. The van der Waals surface area contributed by atoms with Crippen LogP contribution in [-0.4, -0.2) is 26.3 Å². The molecule has 0 aliphatic carbocycles. The standard InChI is InChI=1S/C28H26NO3P/c1-31-25-18-17-21(19-26(25)32-2)24-15-9-10-16-27(24)33(20-28(29)30,22-11-5-3-6-12-22)23-13-7-4-8-14-23/h3-19H,20H2,1-2H3,(H-,29,30)/p+1. The summed E-state index contributed by atoms with van der Waals surface area (Å²) in [5.74, 6) is 1.00. The summed E-state index contributed by atoms with van der Waals surface area (Å²) >= 11 is 0. The molecule has 4 aromatic carbocycles.